The Hall–Kier alpha value is -3.97. The van der Waals surface area contributed by atoms with E-state index in [-0.39, 0.29) is 18.1 Å². The zero-order valence-corrected chi connectivity index (χ0v) is 16.9. The summed E-state index contributed by atoms with van der Waals surface area (Å²) >= 11 is 0. The van der Waals surface area contributed by atoms with Crippen molar-refractivity contribution in [3.05, 3.63) is 89.8 Å². The highest BCUT2D eigenvalue weighted by molar-refractivity contribution is 6.33. The number of carbonyl (C=O) groups is 2. The zero-order valence-electron chi connectivity index (χ0n) is 16.9. The summed E-state index contributed by atoms with van der Waals surface area (Å²) < 4.78 is 5.23. The zero-order chi connectivity index (χ0) is 21.8. The predicted octanol–water partition coefficient (Wildman–Crippen LogP) is 4.05. The number of nitrogens with zero attached hydrogens (tertiary/aromatic N) is 3. The minimum Gasteiger partial charge on any atom is -0.478 e. The van der Waals surface area contributed by atoms with Crippen molar-refractivity contribution in [3.63, 3.8) is 0 Å². The van der Waals surface area contributed by atoms with Crippen LogP contribution in [0.2, 0.25) is 0 Å². The fourth-order valence-electron chi connectivity index (χ4n) is 3.32. The standard InChI is InChI=1S/C24H21N3O4/c1-31-16-22-21(15-17-5-9-19(10-6-17)26-13-3-2-4-14-26)23(28)27(25-22)20-11-7-18(8-12-20)24(29)30/h3-15H,2,16H2,1H3,(H,29,30)/b21-15-. The first kappa shape index (κ1) is 20.3. The molecule has 7 heteroatoms. The van der Waals surface area contributed by atoms with E-state index in [1.165, 1.54) is 17.1 Å². The monoisotopic (exact) mass is 415 g/mol. The highest BCUT2D eigenvalue weighted by atomic mass is 16.5. The number of anilines is 2. The van der Waals surface area contributed by atoms with Gasteiger partial charge in [-0.15, -0.1) is 0 Å². The van der Waals surface area contributed by atoms with Crippen LogP contribution in [0.25, 0.3) is 6.08 Å². The number of amides is 1. The van der Waals surface area contributed by atoms with Crippen LogP contribution < -0.4 is 9.91 Å². The van der Waals surface area contributed by atoms with Gasteiger partial charge in [0.1, 0.15) is 0 Å². The van der Waals surface area contributed by atoms with E-state index in [1.807, 2.05) is 41.6 Å². The molecule has 2 aromatic carbocycles. The van der Waals surface area contributed by atoms with Crippen molar-refractivity contribution in [2.45, 2.75) is 6.42 Å². The number of methoxy groups -OCH3 is 1. The molecule has 0 saturated carbocycles. The van der Waals surface area contributed by atoms with Gasteiger partial charge in [-0.3, -0.25) is 4.79 Å². The lowest BCUT2D eigenvalue weighted by Gasteiger charge is -2.18. The SMILES string of the molecule is COCC1=NN(c2ccc(C(=O)O)cc2)C(=O)/C1=C\c1ccc(N2C=CCC=C2)cc1. The third-order valence-electron chi connectivity index (χ3n) is 4.90. The van der Waals surface area contributed by atoms with Crippen LogP contribution in [0.15, 0.2) is 83.8 Å². The molecule has 2 heterocycles. The van der Waals surface area contributed by atoms with Gasteiger partial charge < -0.3 is 14.7 Å². The van der Waals surface area contributed by atoms with Gasteiger partial charge in [-0.2, -0.15) is 10.1 Å². The Morgan fingerprint density at radius 1 is 1.06 bits per heavy atom. The maximum Gasteiger partial charge on any atom is 0.335 e. The average molecular weight is 415 g/mol. The molecule has 31 heavy (non-hydrogen) atoms. The Bertz CT molecular complexity index is 1100. The molecule has 1 amide bonds. The van der Waals surface area contributed by atoms with E-state index in [4.69, 9.17) is 9.84 Å². The third-order valence-corrected chi connectivity index (χ3v) is 4.90. The first-order valence-corrected chi connectivity index (χ1v) is 9.75. The van der Waals surface area contributed by atoms with Gasteiger partial charge in [-0.1, -0.05) is 24.3 Å². The summed E-state index contributed by atoms with van der Waals surface area (Å²) in [5.74, 6) is -1.32. The summed E-state index contributed by atoms with van der Waals surface area (Å²) in [4.78, 5) is 26.2. The Labute approximate surface area is 179 Å². The topological polar surface area (TPSA) is 82.4 Å². The van der Waals surface area contributed by atoms with Gasteiger partial charge in [0.05, 0.1) is 29.1 Å². The second kappa shape index (κ2) is 8.81. The Kier molecular flexibility index (Phi) is 5.77. The van der Waals surface area contributed by atoms with Crippen LogP contribution >= 0.6 is 0 Å². The maximum absolute atomic E-state index is 13.1. The molecule has 0 fully saturated rings. The van der Waals surface area contributed by atoms with Gasteiger partial charge in [-0.25, -0.2) is 4.79 Å². The molecule has 2 aromatic rings. The number of carboxylic acid groups (broad SMARTS) is 1. The van der Waals surface area contributed by atoms with E-state index < -0.39 is 5.97 Å². The first-order valence-electron chi connectivity index (χ1n) is 9.75. The molecule has 0 spiro atoms. The van der Waals surface area contributed by atoms with E-state index in [2.05, 4.69) is 17.3 Å². The van der Waals surface area contributed by atoms with E-state index in [9.17, 15) is 9.59 Å². The number of allylic oxidation sites excluding steroid dienone is 2. The van der Waals surface area contributed by atoms with Crippen LogP contribution in [-0.4, -0.2) is 36.4 Å². The smallest absolute Gasteiger partial charge is 0.335 e. The van der Waals surface area contributed by atoms with Crippen molar-refractivity contribution in [1.29, 1.82) is 0 Å². The average Bonchev–Trinajstić information content (AvgIpc) is 3.10. The Morgan fingerprint density at radius 3 is 2.32 bits per heavy atom. The number of hydrogen-bond acceptors (Lipinski definition) is 5. The second-order valence-electron chi connectivity index (χ2n) is 7.01. The van der Waals surface area contributed by atoms with Crippen molar-refractivity contribution >= 4 is 35.0 Å². The summed E-state index contributed by atoms with van der Waals surface area (Å²) in [6.45, 7) is 0.183. The van der Waals surface area contributed by atoms with Crippen molar-refractivity contribution < 1.29 is 19.4 Å². The quantitative estimate of drug-likeness (QED) is 0.720. The van der Waals surface area contributed by atoms with Crippen LogP contribution in [-0.2, 0) is 9.53 Å². The van der Waals surface area contributed by atoms with Crippen LogP contribution in [0, 0.1) is 0 Å². The number of hydrazone groups is 1. The number of aromatic carboxylic acids is 1. The van der Waals surface area contributed by atoms with E-state index in [0.29, 0.717) is 17.0 Å². The molecule has 2 aliphatic rings. The minimum atomic E-state index is -1.03. The van der Waals surface area contributed by atoms with Crippen LogP contribution in [0.1, 0.15) is 22.3 Å². The van der Waals surface area contributed by atoms with E-state index in [0.717, 1.165) is 17.7 Å². The van der Waals surface area contributed by atoms with Crippen molar-refractivity contribution in [1.82, 2.24) is 0 Å². The lowest BCUT2D eigenvalue weighted by atomic mass is 10.1. The van der Waals surface area contributed by atoms with Crippen LogP contribution in [0.4, 0.5) is 11.4 Å². The molecule has 0 radical (unpaired) electrons. The summed E-state index contributed by atoms with van der Waals surface area (Å²) in [6.07, 6.45) is 10.9. The molecule has 4 rings (SSSR count). The van der Waals surface area contributed by atoms with Gasteiger partial charge in [0.2, 0.25) is 0 Å². The Balaban J connectivity index is 1.60. The summed E-state index contributed by atoms with van der Waals surface area (Å²) in [7, 11) is 1.55. The first-order chi connectivity index (χ1) is 15.1. The third kappa shape index (κ3) is 4.31. The van der Waals surface area contributed by atoms with Gasteiger partial charge >= 0.3 is 5.97 Å². The fraction of sp³-hybridized carbons (Fsp3) is 0.125. The number of rotatable bonds is 6. The van der Waals surface area contributed by atoms with E-state index in [1.54, 1.807) is 25.3 Å². The van der Waals surface area contributed by atoms with Crippen molar-refractivity contribution in [3.8, 4) is 0 Å². The molecule has 0 bridgehead atoms. The van der Waals surface area contributed by atoms with Crippen molar-refractivity contribution in [2.75, 3.05) is 23.6 Å². The molecular weight excluding hydrogens is 394 g/mol. The number of carboxylic acids is 1. The molecule has 0 saturated heterocycles. The maximum atomic E-state index is 13.1. The second-order valence-corrected chi connectivity index (χ2v) is 7.01. The summed E-state index contributed by atoms with van der Waals surface area (Å²) in [5.41, 5.74) is 3.48. The summed E-state index contributed by atoms with van der Waals surface area (Å²) in [6, 6.07) is 13.9. The van der Waals surface area contributed by atoms with Gasteiger partial charge in [0.25, 0.3) is 5.91 Å². The molecule has 7 nitrogen and oxygen atoms in total. The Morgan fingerprint density at radius 2 is 1.71 bits per heavy atom. The number of benzene rings is 2. The highest BCUT2D eigenvalue weighted by Crippen LogP contribution is 2.26. The molecular formula is C24H21N3O4. The summed E-state index contributed by atoms with van der Waals surface area (Å²) in [5, 5.41) is 14.7. The van der Waals surface area contributed by atoms with Gasteiger partial charge in [-0.05, 0) is 54.5 Å². The molecule has 1 N–H and O–H groups in total. The van der Waals surface area contributed by atoms with Gasteiger partial charge in [0, 0.05) is 25.2 Å². The molecule has 0 atom stereocenters. The lowest BCUT2D eigenvalue weighted by molar-refractivity contribution is -0.114. The highest BCUT2D eigenvalue weighted by Gasteiger charge is 2.31. The normalized spacial score (nSPS) is 16.9. The number of ether oxygens (including phenoxy) is 1. The van der Waals surface area contributed by atoms with Crippen LogP contribution in [0.3, 0.4) is 0 Å². The molecule has 2 aliphatic heterocycles. The number of carbonyl (C=O) groups excluding carboxylic acids is 1. The van der Waals surface area contributed by atoms with Gasteiger partial charge in [0.15, 0.2) is 0 Å². The number of hydrogen-bond donors (Lipinski definition) is 1. The predicted molar refractivity (Wildman–Crippen MR) is 120 cm³/mol. The lowest BCUT2D eigenvalue weighted by Crippen LogP contribution is -2.21. The fourth-order valence-corrected chi connectivity index (χ4v) is 3.32. The molecule has 0 aliphatic carbocycles. The molecule has 156 valence electrons. The van der Waals surface area contributed by atoms with E-state index >= 15 is 0 Å². The molecule has 0 aromatic heterocycles. The minimum absolute atomic E-state index is 0.144. The van der Waals surface area contributed by atoms with Crippen LogP contribution in [0.5, 0.6) is 0 Å². The largest absolute Gasteiger partial charge is 0.478 e. The molecule has 0 unspecified atom stereocenters. The van der Waals surface area contributed by atoms with Crippen molar-refractivity contribution in [2.24, 2.45) is 5.10 Å².